The number of thiazole rings is 1. The van der Waals surface area contributed by atoms with Crippen LogP contribution in [0.5, 0.6) is 0 Å². The molecular formula is C37H47N7O8S. The summed E-state index contributed by atoms with van der Waals surface area (Å²) in [5.41, 5.74) is 0.762. The predicted molar refractivity (Wildman–Crippen MR) is 192 cm³/mol. The van der Waals surface area contributed by atoms with Crippen LogP contribution in [0.2, 0.25) is 0 Å². The fourth-order valence-corrected chi connectivity index (χ4v) is 8.39. The Kier molecular flexibility index (Phi) is 12.1. The highest BCUT2D eigenvalue weighted by atomic mass is 32.1. The van der Waals surface area contributed by atoms with Crippen molar-refractivity contribution in [3.63, 3.8) is 0 Å². The van der Waals surface area contributed by atoms with E-state index in [1.165, 1.54) is 26.0 Å². The Morgan fingerprint density at radius 2 is 1.66 bits per heavy atom. The van der Waals surface area contributed by atoms with Crippen LogP contribution < -0.4 is 16.0 Å². The lowest BCUT2D eigenvalue weighted by Gasteiger charge is -2.39. The van der Waals surface area contributed by atoms with Gasteiger partial charge in [-0.05, 0) is 56.9 Å². The smallest absolute Gasteiger partial charge is 0.328 e. The van der Waals surface area contributed by atoms with Crippen molar-refractivity contribution in [3.8, 4) is 0 Å². The fraction of sp³-hybridized carbons (Fsp3) is 0.568. The van der Waals surface area contributed by atoms with Gasteiger partial charge in [0.05, 0.1) is 6.42 Å². The van der Waals surface area contributed by atoms with Crippen molar-refractivity contribution in [2.75, 3.05) is 26.2 Å². The molecule has 5 heterocycles. The number of cyclic esters (lactones) is 1. The molecule has 4 aliphatic heterocycles. The van der Waals surface area contributed by atoms with E-state index in [0.29, 0.717) is 50.1 Å². The first-order chi connectivity index (χ1) is 25.5. The van der Waals surface area contributed by atoms with Crippen molar-refractivity contribution in [1.82, 2.24) is 35.6 Å². The maximum atomic E-state index is 14.4. The zero-order chi connectivity index (χ0) is 37.6. The van der Waals surface area contributed by atoms with E-state index in [1.54, 1.807) is 18.5 Å². The van der Waals surface area contributed by atoms with Gasteiger partial charge in [0.1, 0.15) is 47.9 Å². The number of carbonyl (C=O) groups is 7. The van der Waals surface area contributed by atoms with Crippen LogP contribution in [-0.2, 0) is 51.1 Å². The Balaban J connectivity index is 1.30. The van der Waals surface area contributed by atoms with Gasteiger partial charge in [-0.3, -0.25) is 28.8 Å². The van der Waals surface area contributed by atoms with Crippen molar-refractivity contribution in [2.24, 2.45) is 5.92 Å². The molecule has 0 spiro atoms. The second-order valence-electron chi connectivity index (χ2n) is 14.4. The number of rotatable bonds is 7. The van der Waals surface area contributed by atoms with Crippen molar-refractivity contribution in [3.05, 3.63) is 52.5 Å². The number of aromatic nitrogens is 1. The third kappa shape index (κ3) is 8.86. The van der Waals surface area contributed by atoms with Gasteiger partial charge >= 0.3 is 5.97 Å². The molecule has 0 bridgehead atoms. The van der Waals surface area contributed by atoms with Gasteiger partial charge in [-0.2, -0.15) is 0 Å². The molecule has 7 atom stereocenters. The second kappa shape index (κ2) is 16.9. The van der Waals surface area contributed by atoms with Gasteiger partial charge in [0.2, 0.25) is 35.4 Å². The highest BCUT2D eigenvalue weighted by Crippen LogP contribution is 2.28. The number of fused-ring (bicyclic) bond motifs is 3. The number of ether oxygens (including phenoxy) is 1. The number of carbonyl (C=O) groups excluding carboxylic acids is 7. The summed E-state index contributed by atoms with van der Waals surface area (Å²) in [4.78, 5) is 105. The van der Waals surface area contributed by atoms with Crippen molar-refractivity contribution < 1.29 is 38.3 Å². The van der Waals surface area contributed by atoms with Gasteiger partial charge < -0.3 is 35.4 Å². The van der Waals surface area contributed by atoms with Gasteiger partial charge in [-0.15, -0.1) is 11.3 Å². The Hall–Kier alpha value is -4.86. The van der Waals surface area contributed by atoms with Gasteiger partial charge in [-0.1, -0.05) is 37.3 Å². The van der Waals surface area contributed by atoms with Crippen molar-refractivity contribution in [2.45, 2.75) is 101 Å². The molecule has 0 saturated carbocycles. The molecule has 53 heavy (non-hydrogen) atoms. The molecule has 4 fully saturated rings. The minimum atomic E-state index is -1.41. The molecule has 16 heteroatoms. The standard InChI is InChI=1S/C37H47N7O8S/c1-22-17-29-37(51)52-21-26(41-32(46)25(18-24-9-4-3-5-10-24)40-30(45)19-31-38-13-16-53-31)35(49)43-15-8-12-28(43)36(50)42-14-7-6-11-27(42)33(47)39-23(2)34(48)44(29)20-22/h3-5,9-10,13,16,22-23,25-29H,6-8,11-12,14-15,17-21H2,1-2H3,(H,39,47)(H,40,45)(H,41,46)/t22-,23-,25-,26-,27-,28-,29-/m0/s1. The van der Waals surface area contributed by atoms with Crippen LogP contribution in [0.15, 0.2) is 41.9 Å². The Morgan fingerprint density at radius 3 is 2.42 bits per heavy atom. The van der Waals surface area contributed by atoms with E-state index in [1.807, 2.05) is 37.3 Å². The lowest BCUT2D eigenvalue weighted by atomic mass is 9.99. The SMILES string of the molecule is C[C@H]1C[C@H]2C(=O)OC[C@H](NC(=O)[C@H](Cc3ccccc3)NC(=O)Cc3nccs3)C(=O)N3CCC[C@H]3C(=O)N3CCCC[C@H]3C(=O)N[C@@H](C)C(=O)N2C1. The average Bonchev–Trinajstić information content (AvgIpc) is 3.94. The molecule has 0 unspecified atom stereocenters. The van der Waals surface area contributed by atoms with Crippen LogP contribution in [0.3, 0.4) is 0 Å². The van der Waals surface area contributed by atoms with Gasteiger partial charge in [0.15, 0.2) is 0 Å². The summed E-state index contributed by atoms with van der Waals surface area (Å²) in [6.07, 6.45) is 4.64. The lowest BCUT2D eigenvalue weighted by molar-refractivity contribution is -0.158. The molecule has 1 aromatic carbocycles. The quantitative estimate of drug-likeness (QED) is 0.340. The third-order valence-electron chi connectivity index (χ3n) is 10.4. The minimum Gasteiger partial charge on any atom is -0.461 e. The molecule has 4 aliphatic rings. The lowest BCUT2D eigenvalue weighted by Crippen LogP contribution is -2.62. The van der Waals surface area contributed by atoms with E-state index in [2.05, 4.69) is 20.9 Å². The van der Waals surface area contributed by atoms with Gasteiger partial charge in [0, 0.05) is 37.6 Å². The fourth-order valence-electron chi connectivity index (χ4n) is 7.77. The summed E-state index contributed by atoms with van der Waals surface area (Å²) in [7, 11) is 0. The number of benzene rings is 1. The summed E-state index contributed by atoms with van der Waals surface area (Å²) in [5, 5.41) is 10.6. The van der Waals surface area contributed by atoms with Gasteiger partial charge in [0.25, 0.3) is 0 Å². The first-order valence-corrected chi connectivity index (χ1v) is 19.3. The first-order valence-electron chi connectivity index (χ1n) is 18.4. The summed E-state index contributed by atoms with van der Waals surface area (Å²) >= 11 is 1.31. The molecule has 0 aliphatic carbocycles. The zero-order valence-electron chi connectivity index (χ0n) is 30.0. The van der Waals surface area contributed by atoms with E-state index in [9.17, 15) is 33.6 Å². The number of piperidine rings is 1. The number of nitrogens with zero attached hydrogens (tertiary/aromatic N) is 4. The molecule has 1 aromatic heterocycles. The van der Waals surface area contributed by atoms with Crippen molar-refractivity contribution >= 4 is 52.7 Å². The number of nitrogens with one attached hydrogen (secondary N) is 3. The molecule has 4 saturated heterocycles. The maximum Gasteiger partial charge on any atom is 0.328 e. The molecule has 6 amide bonds. The Labute approximate surface area is 312 Å². The zero-order valence-corrected chi connectivity index (χ0v) is 30.8. The maximum absolute atomic E-state index is 14.4. The molecule has 15 nitrogen and oxygen atoms in total. The first kappa shape index (κ1) is 37.9. The normalized spacial score (nSPS) is 27.7. The number of esters is 1. The summed E-state index contributed by atoms with van der Waals surface area (Å²) in [5.74, 6) is -3.82. The minimum absolute atomic E-state index is 0.0397. The highest BCUT2D eigenvalue weighted by Gasteiger charge is 2.46. The number of hydrogen-bond acceptors (Lipinski definition) is 10. The van der Waals surface area contributed by atoms with Crippen LogP contribution in [-0.4, -0.2) is 124 Å². The summed E-state index contributed by atoms with van der Waals surface area (Å²) in [6.45, 7) is 3.72. The molecule has 284 valence electrons. The van der Waals surface area contributed by atoms with Crippen LogP contribution >= 0.6 is 11.3 Å². The topological polar surface area (TPSA) is 187 Å². The van der Waals surface area contributed by atoms with Crippen LogP contribution in [0.1, 0.15) is 62.9 Å². The summed E-state index contributed by atoms with van der Waals surface area (Å²) in [6, 6.07) is 2.93. The molecule has 0 radical (unpaired) electrons. The monoisotopic (exact) mass is 749 g/mol. The number of hydrogen-bond donors (Lipinski definition) is 3. The predicted octanol–water partition coefficient (Wildman–Crippen LogP) is 0.569. The third-order valence-corrected chi connectivity index (χ3v) is 11.2. The Bertz CT molecular complexity index is 1690. The number of amides is 6. The second-order valence-corrected chi connectivity index (χ2v) is 15.4. The van der Waals surface area contributed by atoms with E-state index in [-0.39, 0.29) is 37.8 Å². The molecule has 6 rings (SSSR count). The highest BCUT2D eigenvalue weighted by molar-refractivity contribution is 7.09. The van der Waals surface area contributed by atoms with Crippen LogP contribution in [0.4, 0.5) is 0 Å². The Morgan fingerprint density at radius 1 is 0.925 bits per heavy atom. The van der Waals surface area contributed by atoms with E-state index in [0.717, 1.165) is 5.56 Å². The van der Waals surface area contributed by atoms with Crippen LogP contribution in [0.25, 0.3) is 0 Å². The van der Waals surface area contributed by atoms with E-state index < -0.39 is 78.4 Å². The van der Waals surface area contributed by atoms with Gasteiger partial charge in [-0.25, -0.2) is 9.78 Å². The molecular weight excluding hydrogens is 703 g/mol. The largest absolute Gasteiger partial charge is 0.461 e. The van der Waals surface area contributed by atoms with E-state index >= 15 is 0 Å². The average molecular weight is 750 g/mol. The molecule has 3 N–H and O–H groups in total. The van der Waals surface area contributed by atoms with E-state index in [4.69, 9.17) is 4.74 Å². The van der Waals surface area contributed by atoms with Crippen LogP contribution in [0, 0.1) is 5.92 Å². The van der Waals surface area contributed by atoms with Crippen molar-refractivity contribution in [1.29, 1.82) is 0 Å². The molecule has 2 aromatic rings. The summed E-state index contributed by atoms with van der Waals surface area (Å²) < 4.78 is 5.73.